The standard InChI is InChI=1S/C23H24N6O2/c1-16(30)28(2)13-12-21(17-8-4-3-5-9-17)29-15-18(14-24-29)25-23(31)22-19-10-6-7-11-20(19)26-27-22/h3-11,14-15,21H,12-13H2,1-2H3,(H,25,31)(H,26,27). The van der Waals surface area contributed by atoms with Crippen molar-refractivity contribution in [2.45, 2.75) is 19.4 Å². The summed E-state index contributed by atoms with van der Waals surface area (Å²) in [6.45, 7) is 2.15. The van der Waals surface area contributed by atoms with E-state index in [0.717, 1.165) is 16.5 Å². The zero-order chi connectivity index (χ0) is 21.8. The number of hydrogen-bond acceptors (Lipinski definition) is 4. The van der Waals surface area contributed by atoms with Crippen LogP contribution in [0.2, 0.25) is 0 Å². The number of para-hydroxylation sites is 1. The third-order valence-electron chi connectivity index (χ3n) is 5.32. The van der Waals surface area contributed by atoms with Crippen LogP contribution in [0.1, 0.15) is 35.4 Å². The van der Waals surface area contributed by atoms with E-state index in [1.807, 2.05) is 59.3 Å². The molecule has 0 radical (unpaired) electrons. The average molecular weight is 416 g/mol. The Labute approximate surface area is 179 Å². The molecule has 1 unspecified atom stereocenters. The van der Waals surface area contributed by atoms with Gasteiger partial charge in [0.2, 0.25) is 5.91 Å². The molecular weight excluding hydrogens is 392 g/mol. The quantitative estimate of drug-likeness (QED) is 0.482. The fraction of sp³-hybridized carbons (Fsp3) is 0.217. The zero-order valence-corrected chi connectivity index (χ0v) is 17.4. The summed E-state index contributed by atoms with van der Waals surface area (Å²) in [5.41, 5.74) is 2.81. The van der Waals surface area contributed by atoms with E-state index in [2.05, 4.69) is 20.6 Å². The van der Waals surface area contributed by atoms with Crippen molar-refractivity contribution in [2.24, 2.45) is 0 Å². The summed E-state index contributed by atoms with van der Waals surface area (Å²) in [7, 11) is 1.79. The van der Waals surface area contributed by atoms with Crippen LogP contribution >= 0.6 is 0 Å². The topological polar surface area (TPSA) is 95.9 Å². The zero-order valence-electron chi connectivity index (χ0n) is 17.4. The summed E-state index contributed by atoms with van der Waals surface area (Å²) in [6, 6.07) is 17.4. The second-order valence-corrected chi connectivity index (χ2v) is 7.44. The van der Waals surface area contributed by atoms with Crippen LogP contribution in [0.3, 0.4) is 0 Å². The van der Waals surface area contributed by atoms with Crippen molar-refractivity contribution >= 4 is 28.4 Å². The summed E-state index contributed by atoms with van der Waals surface area (Å²) in [6.07, 6.45) is 4.12. The van der Waals surface area contributed by atoms with Crippen molar-refractivity contribution in [3.8, 4) is 0 Å². The lowest BCUT2D eigenvalue weighted by Crippen LogP contribution is -2.27. The fourth-order valence-corrected chi connectivity index (χ4v) is 3.50. The summed E-state index contributed by atoms with van der Waals surface area (Å²) in [4.78, 5) is 26.0. The van der Waals surface area contributed by atoms with Crippen molar-refractivity contribution in [3.05, 3.63) is 78.2 Å². The SMILES string of the molecule is CC(=O)N(C)CCC(c1ccccc1)n1cc(NC(=O)c2n[nH]c3ccccc23)cn1. The molecule has 8 heteroatoms. The van der Waals surface area contributed by atoms with Gasteiger partial charge in [0.15, 0.2) is 5.69 Å². The smallest absolute Gasteiger partial charge is 0.276 e. The molecule has 0 spiro atoms. The summed E-state index contributed by atoms with van der Waals surface area (Å²) in [5, 5.41) is 15.1. The third kappa shape index (κ3) is 4.48. The van der Waals surface area contributed by atoms with Crippen LogP contribution in [0.25, 0.3) is 10.9 Å². The van der Waals surface area contributed by atoms with Crippen LogP contribution < -0.4 is 5.32 Å². The highest BCUT2D eigenvalue weighted by Gasteiger charge is 2.19. The highest BCUT2D eigenvalue weighted by Crippen LogP contribution is 2.24. The Bertz CT molecular complexity index is 1200. The van der Waals surface area contributed by atoms with Crippen molar-refractivity contribution in [3.63, 3.8) is 0 Å². The van der Waals surface area contributed by atoms with Gasteiger partial charge in [-0.2, -0.15) is 10.2 Å². The van der Waals surface area contributed by atoms with Crippen LogP contribution in [-0.2, 0) is 4.79 Å². The molecule has 2 aromatic heterocycles. The van der Waals surface area contributed by atoms with Gasteiger partial charge in [0, 0.05) is 32.1 Å². The number of hydrogen-bond donors (Lipinski definition) is 2. The molecule has 0 fully saturated rings. The van der Waals surface area contributed by atoms with Crippen LogP contribution in [0, 0.1) is 0 Å². The monoisotopic (exact) mass is 416 g/mol. The van der Waals surface area contributed by atoms with Gasteiger partial charge in [0.05, 0.1) is 23.4 Å². The highest BCUT2D eigenvalue weighted by molar-refractivity contribution is 6.10. The first-order valence-corrected chi connectivity index (χ1v) is 10.1. The molecular formula is C23H24N6O2. The molecule has 1 atom stereocenters. The number of amides is 2. The third-order valence-corrected chi connectivity index (χ3v) is 5.32. The molecule has 2 amide bonds. The van der Waals surface area contributed by atoms with Gasteiger partial charge in [-0.25, -0.2) is 0 Å². The molecule has 0 saturated heterocycles. The Kier molecular flexibility index (Phi) is 5.79. The number of H-pyrrole nitrogens is 1. The molecule has 4 rings (SSSR count). The van der Waals surface area contributed by atoms with E-state index >= 15 is 0 Å². The first-order chi connectivity index (χ1) is 15.0. The van der Waals surface area contributed by atoms with E-state index in [9.17, 15) is 9.59 Å². The normalized spacial score (nSPS) is 11.9. The number of rotatable bonds is 7. The number of nitrogens with zero attached hydrogens (tertiary/aromatic N) is 4. The lowest BCUT2D eigenvalue weighted by atomic mass is 10.0. The van der Waals surface area contributed by atoms with Crippen LogP contribution in [0.5, 0.6) is 0 Å². The second kappa shape index (κ2) is 8.83. The van der Waals surface area contributed by atoms with Crippen molar-refractivity contribution < 1.29 is 9.59 Å². The lowest BCUT2D eigenvalue weighted by Gasteiger charge is -2.22. The Balaban J connectivity index is 1.54. The number of nitrogens with one attached hydrogen (secondary N) is 2. The maximum absolute atomic E-state index is 12.8. The van der Waals surface area contributed by atoms with Gasteiger partial charge < -0.3 is 10.2 Å². The van der Waals surface area contributed by atoms with Gasteiger partial charge in [0.25, 0.3) is 5.91 Å². The number of benzene rings is 2. The van der Waals surface area contributed by atoms with E-state index in [4.69, 9.17) is 0 Å². The van der Waals surface area contributed by atoms with Gasteiger partial charge in [-0.15, -0.1) is 0 Å². The fourth-order valence-electron chi connectivity index (χ4n) is 3.50. The summed E-state index contributed by atoms with van der Waals surface area (Å²) in [5.74, 6) is -0.281. The Morgan fingerprint density at radius 3 is 2.65 bits per heavy atom. The van der Waals surface area contributed by atoms with E-state index in [0.29, 0.717) is 24.3 Å². The van der Waals surface area contributed by atoms with E-state index in [1.165, 1.54) is 0 Å². The maximum Gasteiger partial charge on any atom is 0.276 e. The largest absolute Gasteiger partial charge is 0.346 e. The van der Waals surface area contributed by atoms with Gasteiger partial charge in [0.1, 0.15) is 0 Å². The van der Waals surface area contributed by atoms with Gasteiger partial charge >= 0.3 is 0 Å². The van der Waals surface area contributed by atoms with Gasteiger partial charge in [-0.05, 0) is 18.1 Å². The molecule has 0 aliphatic carbocycles. The lowest BCUT2D eigenvalue weighted by molar-refractivity contribution is -0.127. The molecule has 31 heavy (non-hydrogen) atoms. The number of aromatic amines is 1. The first-order valence-electron chi connectivity index (χ1n) is 10.1. The Morgan fingerprint density at radius 2 is 1.87 bits per heavy atom. The van der Waals surface area contributed by atoms with Crippen molar-refractivity contribution in [1.29, 1.82) is 0 Å². The Hall–Kier alpha value is -3.94. The minimum Gasteiger partial charge on any atom is -0.346 e. The summed E-state index contributed by atoms with van der Waals surface area (Å²) >= 11 is 0. The number of anilines is 1. The molecule has 0 aliphatic rings. The van der Waals surface area contributed by atoms with Crippen LogP contribution in [0.4, 0.5) is 5.69 Å². The van der Waals surface area contributed by atoms with E-state index < -0.39 is 0 Å². The summed E-state index contributed by atoms with van der Waals surface area (Å²) < 4.78 is 1.82. The molecule has 4 aromatic rings. The van der Waals surface area contributed by atoms with Gasteiger partial charge in [-0.3, -0.25) is 19.4 Å². The van der Waals surface area contributed by atoms with E-state index in [-0.39, 0.29) is 17.9 Å². The molecule has 0 bridgehead atoms. The number of fused-ring (bicyclic) bond motifs is 1. The minimum atomic E-state index is -0.301. The molecule has 0 aliphatic heterocycles. The number of aromatic nitrogens is 4. The maximum atomic E-state index is 12.8. The first kappa shape index (κ1) is 20.3. The molecule has 0 saturated carbocycles. The van der Waals surface area contributed by atoms with E-state index in [1.54, 1.807) is 31.3 Å². The highest BCUT2D eigenvalue weighted by atomic mass is 16.2. The molecule has 2 N–H and O–H groups in total. The predicted octanol–water partition coefficient (Wildman–Crippen LogP) is 3.47. The van der Waals surface area contributed by atoms with Gasteiger partial charge in [-0.1, -0.05) is 48.5 Å². The number of carbonyl (C=O) groups excluding carboxylic acids is 2. The molecule has 2 aromatic carbocycles. The Morgan fingerprint density at radius 1 is 1.13 bits per heavy atom. The molecule has 158 valence electrons. The molecule has 2 heterocycles. The van der Waals surface area contributed by atoms with Crippen LogP contribution in [-0.4, -0.2) is 50.3 Å². The number of carbonyl (C=O) groups is 2. The minimum absolute atomic E-state index is 0.0199. The average Bonchev–Trinajstić information content (AvgIpc) is 3.41. The van der Waals surface area contributed by atoms with Crippen molar-refractivity contribution in [2.75, 3.05) is 18.9 Å². The molecule has 8 nitrogen and oxygen atoms in total. The second-order valence-electron chi connectivity index (χ2n) is 7.44. The van der Waals surface area contributed by atoms with Crippen molar-refractivity contribution in [1.82, 2.24) is 24.9 Å². The van der Waals surface area contributed by atoms with Crippen LogP contribution in [0.15, 0.2) is 67.0 Å². The predicted molar refractivity (Wildman–Crippen MR) is 119 cm³/mol.